The Morgan fingerprint density at radius 3 is 2.75 bits per heavy atom. The van der Waals surface area contributed by atoms with Gasteiger partial charge in [0.2, 0.25) is 5.95 Å². The molecule has 3 heterocycles. The van der Waals surface area contributed by atoms with Crippen molar-refractivity contribution in [2.45, 2.75) is 32.4 Å². The summed E-state index contributed by atoms with van der Waals surface area (Å²) < 4.78 is 27.2. The summed E-state index contributed by atoms with van der Waals surface area (Å²) in [5.41, 5.74) is 2.57. The first kappa shape index (κ1) is 15.4. The van der Waals surface area contributed by atoms with Gasteiger partial charge in [-0.2, -0.15) is 0 Å². The monoisotopic (exact) mass is 330 g/mol. The van der Waals surface area contributed by atoms with E-state index in [0.29, 0.717) is 18.7 Å². The van der Waals surface area contributed by atoms with Crippen LogP contribution in [0.25, 0.3) is 0 Å². The summed E-state index contributed by atoms with van der Waals surface area (Å²) in [4.78, 5) is 13.6. The summed E-state index contributed by atoms with van der Waals surface area (Å²) in [6, 6.07) is 4.34. The average molecular weight is 330 g/mol. The summed E-state index contributed by atoms with van der Waals surface area (Å²) in [5.74, 6) is -0.705. The molecule has 1 aromatic heterocycles. The molecule has 0 spiro atoms. The number of hydrogen-bond donors (Lipinski definition) is 0. The molecule has 126 valence electrons. The molecule has 1 fully saturated rings. The zero-order valence-electron chi connectivity index (χ0n) is 13.5. The lowest BCUT2D eigenvalue weighted by atomic mass is 10.1. The van der Waals surface area contributed by atoms with Crippen LogP contribution in [-0.2, 0) is 19.5 Å². The highest BCUT2D eigenvalue weighted by Crippen LogP contribution is 2.23. The van der Waals surface area contributed by atoms with Gasteiger partial charge in [-0.3, -0.25) is 4.90 Å². The number of hydrogen-bond acceptors (Lipinski definition) is 4. The first-order valence-electron chi connectivity index (χ1n) is 8.46. The number of halogens is 2. The number of rotatable bonds is 3. The van der Waals surface area contributed by atoms with Crippen LogP contribution in [0.5, 0.6) is 0 Å². The smallest absolute Gasteiger partial charge is 0.225 e. The molecule has 0 unspecified atom stereocenters. The lowest BCUT2D eigenvalue weighted by Gasteiger charge is -2.28. The Morgan fingerprint density at radius 1 is 1.08 bits per heavy atom. The van der Waals surface area contributed by atoms with E-state index in [-0.39, 0.29) is 0 Å². The number of anilines is 1. The highest BCUT2D eigenvalue weighted by molar-refractivity contribution is 5.35. The third-order valence-electron chi connectivity index (χ3n) is 4.81. The Bertz CT molecular complexity index is 744. The second kappa shape index (κ2) is 6.43. The molecule has 0 radical (unpaired) electrons. The van der Waals surface area contributed by atoms with E-state index in [4.69, 9.17) is 4.98 Å². The van der Waals surface area contributed by atoms with E-state index in [1.807, 2.05) is 6.20 Å². The standard InChI is InChI=1S/C18H20F2N4/c19-15-5-3-4-13(17(15)20)11-23-9-6-16-14(12-23)10-21-18(22-16)24-7-1-2-8-24/h3-5,10H,1-2,6-9,11-12H2. The van der Waals surface area contributed by atoms with Gasteiger partial charge in [0.1, 0.15) is 0 Å². The second-order valence-corrected chi connectivity index (χ2v) is 6.51. The molecule has 1 saturated heterocycles. The second-order valence-electron chi connectivity index (χ2n) is 6.51. The molecule has 0 amide bonds. The fraction of sp³-hybridized carbons (Fsp3) is 0.444. The minimum atomic E-state index is -0.788. The third-order valence-corrected chi connectivity index (χ3v) is 4.81. The van der Waals surface area contributed by atoms with Gasteiger partial charge in [0, 0.05) is 56.5 Å². The van der Waals surface area contributed by atoms with Gasteiger partial charge in [0.05, 0.1) is 5.69 Å². The molecule has 1 aromatic carbocycles. The molecule has 2 aliphatic heterocycles. The Kier molecular flexibility index (Phi) is 4.14. The van der Waals surface area contributed by atoms with Crippen molar-refractivity contribution >= 4 is 5.95 Å². The van der Waals surface area contributed by atoms with Crippen molar-refractivity contribution in [3.63, 3.8) is 0 Å². The van der Waals surface area contributed by atoms with Gasteiger partial charge < -0.3 is 4.90 Å². The maximum atomic E-state index is 13.8. The molecule has 4 rings (SSSR count). The van der Waals surface area contributed by atoms with E-state index < -0.39 is 11.6 Å². The number of aromatic nitrogens is 2. The summed E-state index contributed by atoms with van der Waals surface area (Å²) in [6.07, 6.45) is 5.11. The lowest BCUT2D eigenvalue weighted by Crippen LogP contribution is -2.32. The fourth-order valence-electron chi connectivity index (χ4n) is 3.48. The molecule has 0 saturated carbocycles. The van der Waals surface area contributed by atoms with Crippen LogP contribution in [0.3, 0.4) is 0 Å². The topological polar surface area (TPSA) is 32.3 Å². The molecular weight excluding hydrogens is 310 g/mol. The largest absolute Gasteiger partial charge is 0.341 e. The molecule has 0 N–H and O–H groups in total. The third kappa shape index (κ3) is 2.98. The number of nitrogens with zero attached hydrogens (tertiary/aromatic N) is 4. The van der Waals surface area contributed by atoms with Crippen molar-refractivity contribution in [1.29, 1.82) is 0 Å². The van der Waals surface area contributed by atoms with E-state index in [1.54, 1.807) is 12.1 Å². The highest BCUT2D eigenvalue weighted by Gasteiger charge is 2.22. The number of fused-ring (bicyclic) bond motifs is 1. The lowest BCUT2D eigenvalue weighted by molar-refractivity contribution is 0.238. The van der Waals surface area contributed by atoms with Crippen LogP contribution in [0, 0.1) is 11.6 Å². The van der Waals surface area contributed by atoms with Crippen molar-refractivity contribution in [3.05, 3.63) is 52.9 Å². The Morgan fingerprint density at radius 2 is 1.92 bits per heavy atom. The zero-order valence-corrected chi connectivity index (χ0v) is 13.5. The molecule has 0 bridgehead atoms. The van der Waals surface area contributed by atoms with E-state index in [0.717, 1.165) is 49.3 Å². The first-order chi connectivity index (χ1) is 11.7. The molecule has 0 atom stereocenters. The van der Waals surface area contributed by atoms with Crippen molar-refractivity contribution in [2.75, 3.05) is 24.5 Å². The van der Waals surface area contributed by atoms with Gasteiger partial charge in [0.15, 0.2) is 11.6 Å². The average Bonchev–Trinajstić information content (AvgIpc) is 3.13. The minimum Gasteiger partial charge on any atom is -0.341 e. The molecule has 0 aliphatic carbocycles. The predicted octanol–water partition coefficient (Wildman–Crippen LogP) is 2.91. The maximum absolute atomic E-state index is 13.8. The molecule has 4 nitrogen and oxygen atoms in total. The summed E-state index contributed by atoms with van der Waals surface area (Å²) in [5, 5.41) is 0. The van der Waals surface area contributed by atoms with Crippen molar-refractivity contribution in [3.8, 4) is 0 Å². The maximum Gasteiger partial charge on any atom is 0.225 e. The van der Waals surface area contributed by atoms with Gasteiger partial charge >= 0.3 is 0 Å². The van der Waals surface area contributed by atoms with Crippen LogP contribution in [0.4, 0.5) is 14.7 Å². The van der Waals surface area contributed by atoms with E-state index in [1.165, 1.54) is 12.8 Å². The van der Waals surface area contributed by atoms with Crippen LogP contribution in [0.15, 0.2) is 24.4 Å². The van der Waals surface area contributed by atoms with Crippen molar-refractivity contribution < 1.29 is 8.78 Å². The summed E-state index contributed by atoms with van der Waals surface area (Å²) >= 11 is 0. The number of benzene rings is 1. The van der Waals surface area contributed by atoms with Gasteiger partial charge in [0.25, 0.3) is 0 Å². The Balaban J connectivity index is 1.48. The SMILES string of the molecule is Fc1cccc(CN2CCc3nc(N4CCCC4)ncc3C2)c1F. The Labute approximate surface area is 140 Å². The van der Waals surface area contributed by atoms with Gasteiger partial charge in [-0.1, -0.05) is 12.1 Å². The van der Waals surface area contributed by atoms with Crippen molar-refractivity contribution in [1.82, 2.24) is 14.9 Å². The predicted molar refractivity (Wildman–Crippen MR) is 87.7 cm³/mol. The van der Waals surface area contributed by atoms with E-state index in [9.17, 15) is 8.78 Å². The van der Waals surface area contributed by atoms with Crippen LogP contribution in [-0.4, -0.2) is 34.5 Å². The molecule has 2 aromatic rings. The van der Waals surface area contributed by atoms with E-state index >= 15 is 0 Å². The highest BCUT2D eigenvalue weighted by atomic mass is 19.2. The van der Waals surface area contributed by atoms with Gasteiger partial charge in [-0.05, 0) is 18.9 Å². The summed E-state index contributed by atoms with van der Waals surface area (Å²) in [6.45, 7) is 3.93. The van der Waals surface area contributed by atoms with Gasteiger partial charge in [-0.15, -0.1) is 0 Å². The molecule has 2 aliphatic rings. The quantitative estimate of drug-likeness (QED) is 0.866. The van der Waals surface area contributed by atoms with Crippen LogP contribution in [0.1, 0.15) is 29.7 Å². The molecule has 24 heavy (non-hydrogen) atoms. The minimum absolute atomic E-state index is 0.396. The fourth-order valence-corrected chi connectivity index (χ4v) is 3.48. The van der Waals surface area contributed by atoms with E-state index in [2.05, 4.69) is 14.8 Å². The van der Waals surface area contributed by atoms with Crippen LogP contribution in [0.2, 0.25) is 0 Å². The molecular formula is C18H20F2N4. The normalized spacial score (nSPS) is 18.0. The van der Waals surface area contributed by atoms with Gasteiger partial charge in [-0.25, -0.2) is 18.7 Å². The zero-order chi connectivity index (χ0) is 16.5. The van der Waals surface area contributed by atoms with Crippen LogP contribution < -0.4 is 4.90 Å². The first-order valence-corrected chi connectivity index (χ1v) is 8.46. The Hall–Kier alpha value is -2.08. The van der Waals surface area contributed by atoms with Crippen LogP contribution >= 0.6 is 0 Å². The summed E-state index contributed by atoms with van der Waals surface area (Å²) in [7, 11) is 0. The molecule has 6 heteroatoms. The van der Waals surface area contributed by atoms with Crippen molar-refractivity contribution in [2.24, 2.45) is 0 Å².